The van der Waals surface area contributed by atoms with E-state index in [0.29, 0.717) is 18.1 Å². The van der Waals surface area contributed by atoms with Crippen molar-refractivity contribution in [1.82, 2.24) is 10.3 Å². The predicted octanol–water partition coefficient (Wildman–Crippen LogP) is 2.68. The number of nitrogens with one attached hydrogen (secondary N) is 1. The molecule has 3 rings (SSSR count). The first-order valence-electron chi connectivity index (χ1n) is 7.35. The van der Waals surface area contributed by atoms with Gasteiger partial charge in [-0.25, -0.2) is 0 Å². The Kier molecular flexibility index (Phi) is 3.35. The molecule has 1 aliphatic heterocycles. The number of aromatic nitrogens is 1. The van der Waals surface area contributed by atoms with Gasteiger partial charge in [0, 0.05) is 42.9 Å². The molecule has 0 amide bonds. The average molecular weight is 260 g/mol. The van der Waals surface area contributed by atoms with Gasteiger partial charge in [0.25, 0.3) is 0 Å². The van der Waals surface area contributed by atoms with Crippen LogP contribution in [0.3, 0.4) is 0 Å². The Morgan fingerprint density at radius 3 is 3.11 bits per heavy atom. The zero-order valence-corrected chi connectivity index (χ0v) is 12.1. The molecule has 3 nitrogen and oxygen atoms in total. The first-order chi connectivity index (χ1) is 9.10. The summed E-state index contributed by atoms with van der Waals surface area (Å²) in [5.41, 5.74) is 2.87. The highest BCUT2D eigenvalue weighted by molar-refractivity contribution is 5.22. The van der Waals surface area contributed by atoms with Crippen LogP contribution in [0, 0.1) is 18.3 Å². The number of nitrogens with zero attached hydrogens (tertiary/aromatic N) is 1. The van der Waals surface area contributed by atoms with E-state index >= 15 is 0 Å². The average Bonchev–Trinajstić information content (AvgIpc) is 2.41. The Bertz CT molecular complexity index is 458. The normalized spacial score (nSPS) is 32.5. The van der Waals surface area contributed by atoms with Crippen molar-refractivity contribution in [2.24, 2.45) is 11.3 Å². The summed E-state index contributed by atoms with van der Waals surface area (Å²) in [6.45, 7) is 8.66. The molecule has 0 aromatic carbocycles. The summed E-state index contributed by atoms with van der Waals surface area (Å²) in [7, 11) is 0. The van der Waals surface area contributed by atoms with Crippen molar-refractivity contribution in [2.45, 2.75) is 52.3 Å². The van der Waals surface area contributed by atoms with E-state index < -0.39 is 0 Å². The van der Waals surface area contributed by atoms with E-state index in [1.807, 2.05) is 12.4 Å². The summed E-state index contributed by atoms with van der Waals surface area (Å²) >= 11 is 0. The fourth-order valence-corrected chi connectivity index (χ4v) is 3.84. The summed E-state index contributed by atoms with van der Waals surface area (Å²) < 4.78 is 5.95. The van der Waals surface area contributed by atoms with Gasteiger partial charge in [0.1, 0.15) is 0 Å². The zero-order valence-electron chi connectivity index (χ0n) is 12.1. The Labute approximate surface area is 115 Å². The van der Waals surface area contributed by atoms with E-state index in [9.17, 15) is 0 Å². The molecule has 3 atom stereocenters. The van der Waals surface area contributed by atoms with Crippen molar-refractivity contribution in [3.63, 3.8) is 0 Å². The molecule has 1 aromatic rings. The molecule has 0 bridgehead atoms. The van der Waals surface area contributed by atoms with Gasteiger partial charge in [-0.1, -0.05) is 13.8 Å². The monoisotopic (exact) mass is 260 g/mol. The lowest BCUT2D eigenvalue weighted by Crippen LogP contribution is -2.69. The lowest BCUT2D eigenvalue weighted by molar-refractivity contribution is -0.192. The third-order valence-corrected chi connectivity index (χ3v) is 4.99. The quantitative estimate of drug-likeness (QED) is 0.907. The van der Waals surface area contributed by atoms with Gasteiger partial charge >= 0.3 is 0 Å². The second-order valence-corrected chi connectivity index (χ2v) is 6.58. The van der Waals surface area contributed by atoms with Gasteiger partial charge in [0.05, 0.1) is 6.10 Å². The molecule has 0 radical (unpaired) electrons. The standard InChI is InChI=1S/C16H24N2O/c1-11-6-7-17-9-12(11)10-18-14-13-5-4-8-19-15(13)16(14,2)3/h6-7,9,13-15,18H,4-5,8,10H2,1-3H3. The van der Waals surface area contributed by atoms with E-state index in [0.717, 1.165) is 13.2 Å². The van der Waals surface area contributed by atoms with Gasteiger partial charge in [-0.15, -0.1) is 0 Å². The minimum Gasteiger partial charge on any atom is -0.377 e. The first-order valence-corrected chi connectivity index (χ1v) is 7.35. The fraction of sp³-hybridized carbons (Fsp3) is 0.688. The predicted molar refractivity (Wildman–Crippen MR) is 75.8 cm³/mol. The minimum atomic E-state index is 0.251. The van der Waals surface area contributed by atoms with Crippen molar-refractivity contribution in [3.8, 4) is 0 Å². The van der Waals surface area contributed by atoms with E-state index in [1.165, 1.54) is 24.0 Å². The van der Waals surface area contributed by atoms with Crippen LogP contribution in [0.25, 0.3) is 0 Å². The lowest BCUT2D eigenvalue weighted by atomic mass is 9.55. The molecule has 0 spiro atoms. The maximum absolute atomic E-state index is 5.95. The maximum Gasteiger partial charge on any atom is 0.0684 e. The molecule has 3 unspecified atom stereocenters. The van der Waals surface area contributed by atoms with Crippen molar-refractivity contribution >= 4 is 0 Å². The summed E-state index contributed by atoms with van der Waals surface area (Å²) in [5, 5.41) is 3.75. The number of aryl methyl sites for hydroxylation is 1. The molecule has 3 heteroatoms. The molecule has 104 valence electrons. The Morgan fingerprint density at radius 2 is 2.32 bits per heavy atom. The highest BCUT2D eigenvalue weighted by Crippen LogP contribution is 2.51. The highest BCUT2D eigenvalue weighted by atomic mass is 16.5. The molecule has 1 saturated carbocycles. The smallest absolute Gasteiger partial charge is 0.0684 e. The largest absolute Gasteiger partial charge is 0.377 e. The van der Waals surface area contributed by atoms with E-state index in [2.05, 4.69) is 37.1 Å². The van der Waals surface area contributed by atoms with Crippen LogP contribution >= 0.6 is 0 Å². The third-order valence-electron chi connectivity index (χ3n) is 4.99. The number of fused-ring (bicyclic) bond motifs is 1. The molecule has 1 N–H and O–H groups in total. The number of hydrogen-bond donors (Lipinski definition) is 1. The summed E-state index contributed by atoms with van der Waals surface area (Å²) in [6.07, 6.45) is 6.80. The van der Waals surface area contributed by atoms with Gasteiger partial charge in [-0.3, -0.25) is 4.98 Å². The van der Waals surface area contributed by atoms with Crippen molar-refractivity contribution in [1.29, 1.82) is 0 Å². The van der Waals surface area contributed by atoms with Gasteiger partial charge in [0.15, 0.2) is 0 Å². The van der Waals surface area contributed by atoms with Gasteiger partial charge in [0.2, 0.25) is 0 Å². The molecule has 1 aromatic heterocycles. The first kappa shape index (κ1) is 13.1. The Hall–Kier alpha value is -0.930. The van der Waals surface area contributed by atoms with Crippen LogP contribution in [0.15, 0.2) is 18.5 Å². The summed E-state index contributed by atoms with van der Waals surface area (Å²) in [5.74, 6) is 0.695. The van der Waals surface area contributed by atoms with Crippen molar-refractivity contribution in [3.05, 3.63) is 29.6 Å². The van der Waals surface area contributed by atoms with E-state index in [-0.39, 0.29) is 5.41 Å². The molecular formula is C16H24N2O. The van der Waals surface area contributed by atoms with Crippen LogP contribution in [0.2, 0.25) is 0 Å². The van der Waals surface area contributed by atoms with Crippen LogP contribution in [0.4, 0.5) is 0 Å². The molecule has 2 heterocycles. The molecule has 1 aliphatic carbocycles. The molecule has 1 saturated heterocycles. The Balaban J connectivity index is 1.65. The van der Waals surface area contributed by atoms with Crippen LogP contribution in [0.5, 0.6) is 0 Å². The van der Waals surface area contributed by atoms with Gasteiger partial charge < -0.3 is 10.1 Å². The number of ether oxygens (including phenoxy) is 1. The highest BCUT2D eigenvalue weighted by Gasteiger charge is 2.57. The van der Waals surface area contributed by atoms with Crippen LogP contribution in [-0.4, -0.2) is 23.7 Å². The maximum atomic E-state index is 5.95. The van der Waals surface area contributed by atoms with Crippen LogP contribution in [0.1, 0.15) is 37.8 Å². The summed E-state index contributed by atoms with van der Waals surface area (Å²) in [6, 6.07) is 2.65. The van der Waals surface area contributed by atoms with E-state index in [1.54, 1.807) is 0 Å². The molecule has 2 aliphatic rings. The SMILES string of the molecule is Cc1ccncc1CNC1C2CCCOC2C1(C)C. The lowest BCUT2D eigenvalue weighted by Gasteiger charge is -2.60. The van der Waals surface area contributed by atoms with Crippen LogP contribution < -0.4 is 5.32 Å². The topological polar surface area (TPSA) is 34.2 Å². The third kappa shape index (κ3) is 2.19. The molecule has 2 fully saturated rings. The van der Waals surface area contributed by atoms with Crippen LogP contribution in [-0.2, 0) is 11.3 Å². The molecular weight excluding hydrogens is 236 g/mol. The van der Waals surface area contributed by atoms with Crippen molar-refractivity contribution in [2.75, 3.05) is 6.61 Å². The second kappa shape index (κ2) is 4.88. The number of pyridine rings is 1. The second-order valence-electron chi connectivity index (χ2n) is 6.58. The number of rotatable bonds is 3. The fourth-order valence-electron chi connectivity index (χ4n) is 3.84. The molecule has 19 heavy (non-hydrogen) atoms. The number of hydrogen-bond acceptors (Lipinski definition) is 3. The van der Waals surface area contributed by atoms with Gasteiger partial charge in [-0.2, -0.15) is 0 Å². The minimum absolute atomic E-state index is 0.251. The summed E-state index contributed by atoms with van der Waals surface area (Å²) in [4.78, 5) is 4.22. The van der Waals surface area contributed by atoms with Crippen molar-refractivity contribution < 1.29 is 4.74 Å². The zero-order chi connectivity index (χ0) is 13.5. The van der Waals surface area contributed by atoms with Gasteiger partial charge in [-0.05, 0) is 37.0 Å². The Morgan fingerprint density at radius 1 is 1.47 bits per heavy atom. The van der Waals surface area contributed by atoms with E-state index in [4.69, 9.17) is 4.74 Å².